The van der Waals surface area contributed by atoms with Crippen molar-refractivity contribution in [2.75, 3.05) is 17.2 Å². The van der Waals surface area contributed by atoms with Crippen molar-refractivity contribution in [3.05, 3.63) is 41.9 Å². The van der Waals surface area contributed by atoms with Crippen LogP contribution < -0.4 is 15.4 Å². The van der Waals surface area contributed by atoms with Crippen LogP contribution in [0.15, 0.2) is 30.6 Å². The molecule has 0 radical (unpaired) electrons. The third kappa shape index (κ3) is 4.17. The van der Waals surface area contributed by atoms with Gasteiger partial charge in [-0.25, -0.2) is 9.78 Å². The summed E-state index contributed by atoms with van der Waals surface area (Å²) in [6, 6.07) is 5.23. The van der Waals surface area contributed by atoms with Crippen molar-refractivity contribution in [3.8, 4) is 5.75 Å². The molecular weight excluding hydrogens is 268 g/mol. The van der Waals surface area contributed by atoms with Crippen LogP contribution in [0.3, 0.4) is 0 Å². The van der Waals surface area contributed by atoms with E-state index in [0.717, 1.165) is 11.3 Å². The molecule has 6 nitrogen and oxygen atoms in total. The molecule has 21 heavy (non-hydrogen) atoms. The summed E-state index contributed by atoms with van der Waals surface area (Å²) < 4.78 is 5.49. The summed E-state index contributed by atoms with van der Waals surface area (Å²) in [6.45, 7) is 6.20. The topological polar surface area (TPSA) is 76.1 Å². The summed E-state index contributed by atoms with van der Waals surface area (Å²) in [5.41, 5.74) is 2.44. The van der Waals surface area contributed by atoms with Gasteiger partial charge in [0, 0.05) is 0 Å². The van der Waals surface area contributed by atoms with Gasteiger partial charge in [-0.15, -0.1) is 0 Å². The fraction of sp³-hybridized carbons (Fsp3) is 0.267. The van der Waals surface area contributed by atoms with Crippen molar-refractivity contribution in [1.29, 1.82) is 0 Å². The predicted octanol–water partition coefficient (Wildman–Crippen LogP) is 3.14. The van der Waals surface area contributed by atoms with Crippen molar-refractivity contribution >= 4 is 17.5 Å². The first kappa shape index (κ1) is 14.8. The molecule has 0 unspecified atom stereocenters. The van der Waals surface area contributed by atoms with Crippen LogP contribution in [0.5, 0.6) is 5.75 Å². The van der Waals surface area contributed by atoms with Crippen molar-refractivity contribution in [3.63, 3.8) is 0 Å². The lowest BCUT2D eigenvalue weighted by Crippen LogP contribution is -2.20. The third-order valence-corrected chi connectivity index (χ3v) is 2.71. The number of urea groups is 1. The number of aryl methyl sites for hydroxylation is 2. The average Bonchev–Trinajstić information content (AvgIpc) is 2.44. The molecular formula is C15H18N4O2. The molecule has 0 spiro atoms. The molecule has 0 aliphatic heterocycles. The Kier molecular flexibility index (Phi) is 4.71. The van der Waals surface area contributed by atoms with Gasteiger partial charge in [0.05, 0.1) is 30.4 Å². The van der Waals surface area contributed by atoms with Crippen LogP contribution in [0.4, 0.5) is 16.3 Å². The maximum atomic E-state index is 12.0. The molecule has 0 saturated heterocycles. The summed E-state index contributed by atoms with van der Waals surface area (Å²) in [7, 11) is 0. The number of nitrogens with one attached hydrogen (secondary N) is 2. The Bertz CT molecular complexity index is 626. The molecule has 1 heterocycles. The summed E-state index contributed by atoms with van der Waals surface area (Å²) >= 11 is 0. The SMILES string of the molecule is CCOc1ccc(C)cc1NC(=O)Nc1cnc(C)cn1. The van der Waals surface area contributed by atoms with Crippen LogP contribution in [-0.2, 0) is 0 Å². The summed E-state index contributed by atoms with van der Waals surface area (Å²) in [5, 5.41) is 5.38. The highest BCUT2D eigenvalue weighted by atomic mass is 16.5. The van der Waals surface area contributed by atoms with E-state index in [4.69, 9.17) is 4.74 Å². The zero-order valence-electron chi connectivity index (χ0n) is 12.3. The van der Waals surface area contributed by atoms with Crippen molar-refractivity contribution < 1.29 is 9.53 Å². The lowest BCUT2D eigenvalue weighted by molar-refractivity contribution is 0.262. The molecule has 0 bridgehead atoms. The fourth-order valence-corrected chi connectivity index (χ4v) is 1.75. The normalized spacial score (nSPS) is 10.0. The Morgan fingerprint density at radius 3 is 2.67 bits per heavy atom. The molecule has 0 aliphatic carbocycles. The molecule has 0 saturated carbocycles. The standard InChI is InChI=1S/C15H18N4O2/c1-4-21-13-6-5-10(2)7-12(13)18-15(20)19-14-9-16-11(3)8-17-14/h5-9H,4H2,1-3H3,(H2,17,18,19,20). The number of carbonyl (C=O) groups is 1. The smallest absolute Gasteiger partial charge is 0.324 e. The number of carbonyl (C=O) groups excluding carboxylic acids is 1. The van der Waals surface area contributed by atoms with Gasteiger partial charge in [0.1, 0.15) is 5.75 Å². The molecule has 6 heteroatoms. The first-order chi connectivity index (χ1) is 10.1. The van der Waals surface area contributed by atoms with Gasteiger partial charge >= 0.3 is 6.03 Å². The van der Waals surface area contributed by atoms with Gasteiger partial charge in [0.2, 0.25) is 0 Å². The minimum atomic E-state index is -0.389. The lowest BCUT2D eigenvalue weighted by Gasteiger charge is -2.12. The zero-order chi connectivity index (χ0) is 15.2. The highest BCUT2D eigenvalue weighted by Crippen LogP contribution is 2.25. The monoisotopic (exact) mass is 286 g/mol. The molecule has 1 aromatic heterocycles. The van der Waals surface area contributed by atoms with E-state index in [1.54, 1.807) is 6.20 Å². The molecule has 1 aromatic carbocycles. The van der Waals surface area contributed by atoms with E-state index in [-0.39, 0.29) is 6.03 Å². The molecule has 0 aliphatic rings. The van der Waals surface area contributed by atoms with Gasteiger partial charge in [-0.05, 0) is 38.5 Å². The van der Waals surface area contributed by atoms with E-state index in [9.17, 15) is 4.79 Å². The molecule has 2 rings (SSSR count). The summed E-state index contributed by atoms with van der Waals surface area (Å²) in [6.07, 6.45) is 3.10. The first-order valence-corrected chi connectivity index (χ1v) is 6.68. The molecule has 2 amide bonds. The number of hydrogen-bond acceptors (Lipinski definition) is 4. The highest BCUT2D eigenvalue weighted by molar-refractivity contribution is 6.00. The second-order valence-corrected chi connectivity index (χ2v) is 4.55. The molecule has 110 valence electrons. The average molecular weight is 286 g/mol. The van der Waals surface area contributed by atoms with Crippen LogP contribution in [0.1, 0.15) is 18.2 Å². The number of benzene rings is 1. The number of anilines is 2. The minimum Gasteiger partial charge on any atom is -0.492 e. The molecule has 0 fully saturated rings. The van der Waals surface area contributed by atoms with E-state index < -0.39 is 0 Å². The lowest BCUT2D eigenvalue weighted by atomic mass is 10.2. The van der Waals surface area contributed by atoms with Crippen LogP contribution in [0.25, 0.3) is 0 Å². The minimum absolute atomic E-state index is 0.389. The Balaban J connectivity index is 2.08. The Morgan fingerprint density at radius 2 is 2.00 bits per heavy atom. The van der Waals surface area contributed by atoms with E-state index >= 15 is 0 Å². The summed E-state index contributed by atoms with van der Waals surface area (Å²) in [4.78, 5) is 20.1. The van der Waals surface area contributed by atoms with Crippen LogP contribution in [0, 0.1) is 13.8 Å². The fourth-order valence-electron chi connectivity index (χ4n) is 1.75. The number of amides is 2. The second-order valence-electron chi connectivity index (χ2n) is 4.55. The first-order valence-electron chi connectivity index (χ1n) is 6.68. The Hall–Kier alpha value is -2.63. The number of nitrogens with zero attached hydrogens (tertiary/aromatic N) is 2. The van der Waals surface area contributed by atoms with E-state index in [2.05, 4.69) is 20.6 Å². The van der Waals surface area contributed by atoms with Gasteiger partial charge in [-0.3, -0.25) is 10.3 Å². The van der Waals surface area contributed by atoms with Gasteiger partial charge < -0.3 is 10.1 Å². The van der Waals surface area contributed by atoms with Crippen LogP contribution >= 0.6 is 0 Å². The Morgan fingerprint density at radius 1 is 1.19 bits per heavy atom. The van der Waals surface area contributed by atoms with Crippen molar-refractivity contribution in [2.24, 2.45) is 0 Å². The number of ether oxygens (including phenoxy) is 1. The quantitative estimate of drug-likeness (QED) is 0.905. The van der Waals surface area contributed by atoms with Gasteiger partial charge in [0.15, 0.2) is 5.82 Å². The molecule has 2 N–H and O–H groups in total. The van der Waals surface area contributed by atoms with Crippen LogP contribution in [0.2, 0.25) is 0 Å². The highest BCUT2D eigenvalue weighted by Gasteiger charge is 2.09. The Labute approximate surface area is 123 Å². The van der Waals surface area contributed by atoms with Gasteiger partial charge in [-0.1, -0.05) is 6.07 Å². The maximum absolute atomic E-state index is 12.0. The van der Waals surface area contributed by atoms with E-state index in [1.807, 2.05) is 39.0 Å². The third-order valence-electron chi connectivity index (χ3n) is 2.71. The summed E-state index contributed by atoms with van der Waals surface area (Å²) in [5.74, 6) is 1.02. The molecule has 0 atom stereocenters. The zero-order valence-corrected chi connectivity index (χ0v) is 12.3. The largest absolute Gasteiger partial charge is 0.492 e. The number of aromatic nitrogens is 2. The van der Waals surface area contributed by atoms with Gasteiger partial charge in [0.25, 0.3) is 0 Å². The number of rotatable bonds is 4. The number of hydrogen-bond donors (Lipinski definition) is 2. The molecule has 2 aromatic rings. The van der Waals surface area contributed by atoms with E-state index in [1.165, 1.54) is 6.20 Å². The van der Waals surface area contributed by atoms with Crippen molar-refractivity contribution in [2.45, 2.75) is 20.8 Å². The predicted molar refractivity (Wildman–Crippen MR) is 81.8 cm³/mol. The maximum Gasteiger partial charge on any atom is 0.324 e. The van der Waals surface area contributed by atoms with Gasteiger partial charge in [-0.2, -0.15) is 0 Å². The second kappa shape index (κ2) is 6.69. The van der Waals surface area contributed by atoms with Crippen LogP contribution in [-0.4, -0.2) is 22.6 Å². The van der Waals surface area contributed by atoms with E-state index in [0.29, 0.717) is 23.9 Å². The van der Waals surface area contributed by atoms with Crippen molar-refractivity contribution in [1.82, 2.24) is 9.97 Å².